The zero-order valence-electron chi connectivity index (χ0n) is 14.6. The number of hydrogen-bond donors (Lipinski definition) is 0. The van der Waals surface area contributed by atoms with E-state index in [1.54, 1.807) is 6.20 Å². The average Bonchev–Trinajstić information content (AvgIpc) is 2.62. The van der Waals surface area contributed by atoms with Gasteiger partial charge in [-0.15, -0.1) is 0 Å². The molecule has 1 aromatic rings. The van der Waals surface area contributed by atoms with Crippen LogP contribution in [0.15, 0.2) is 18.3 Å². The minimum absolute atomic E-state index is 0.368. The summed E-state index contributed by atoms with van der Waals surface area (Å²) in [4.78, 5) is 3.76. The van der Waals surface area contributed by atoms with Crippen molar-refractivity contribution in [3.8, 4) is 0 Å². The van der Waals surface area contributed by atoms with Gasteiger partial charge < -0.3 is 0 Å². The Hall–Kier alpha value is -0.920. The first-order valence-corrected chi connectivity index (χ1v) is 9.85. The van der Waals surface area contributed by atoms with E-state index in [1.165, 1.54) is 75.8 Å². The molecule has 0 radical (unpaired) electrons. The van der Waals surface area contributed by atoms with Gasteiger partial charge in [0.15, 0.2) is 0 Å². The molecule has 2 aliphatic carbocycles. The molecule has 0 atom stereocenters. The molecule has 23 heavy (non-hydrogen) atoms. The lowest BCUT2D eigenvalue weighted by molar-refractivity contribution is 0.142. The second-order valence-corrected chi connectivity index (χ2v) is 8.00. The minimum atomic E-state index is -0.368. The summed E-state index contributed by atoms with van der Waals surface area (Å²) in [5.41, 5.74) is 1.19. The van der Waals surface area contributed by atoms with Crippen LogP contribution in [0.1, 0.15) is 76.7 Å². The number of aryl methyl sites for hydroxylation is 1. The van der Waals surface area contributed by atoms with Crippen LogP contribution < -0.4 is 0 Å². The van der Waals surface area contributed by atoms with E-state index in [4.69, 9.17) is 0 Å². The first-order chi connectivity index (χ1) is 11.2. The maximum absolute atomic E-state index is 12.8. The summed E-state index contributed by atoms with van der Waals surface area (Å²) in [5.74, 6) is 3.57. The molecule has 0 amide bonds. The highest BCUT2D eigenvalue weighted by molar-refractivity contribution is 5.09. The first-order valence-electron chi connectivity index (χ1n) is 9.85. The van der Waals surface area contributed by atoms with Gasteiger partial charge in [0, 0.05) is 6.20 Å². The van der Waals surface area contributed by atoms with Crippen molar-refractivity contribution < 1.29 is 4.39 Å². The average molecular weight is 317 g/mol. The number of halogens is 1. The van der Waals surface area contributed by atoms with Gasteiger partial charge >= 0.3 is 0 Å². The van der Waals surface area contributed by atoms with E-state index in [0.717, 1.165) is 30.1 Å². The Labute approximate surface area is 141 Å². The second kappa shape index (κ2) is 8.26. The predicted octanol–water partition coefficient (Wildman–Crippen LogP) is 6.18. The molecule has 0 aromatic carbocycles. The van der Waals surface area contributed by atoms with E-state index in [1.807, 2.05) is 6.07 Å². The molecule has 0 unspecified atom stereocenters. The van der Waals surface area contributed by atoms with Gasteiger partial charge in [0.05, 0.1) is 0 Å². The summed E-state index contributed by atoms with van der Waals surface area (Å²) < 4.78 is 12.8. The van der Waals surface area contributed by atoms with Crippen molar-refractivity contribution in [3.63, 3.8) is 0 Å². The summed E-state index contributed by atoms with van der Waals surface area (Å²) >= 11 is 0. The molecule has 2 aliphatic rings. The Morgan fingerprint density at radius 2 is 1.52 bits per heavy atom. The summed E-state index contributed by atoms with van der Waals surface area (Å²) in [7, 11) is 0. The van der Waals surface area contributed by atoms with Crippen LogP contribution in [-0.2, 0) is 6.42 Å². The van der Waals surface area contributed by atoms with Gasteiger partial charge in [-0.25, -0.2) is 4.98 Å². The molecule has 1 heterocycles. The highest BCUT2D eigenvalue weighted by Gasteiger charge is 2.30. The van der Waals surface area contributed by atoms with Crippen LogP contribution >= 0.6 is 0 Å². The quantitative estimate of drug-likeness (QED) is 0.591. The lowest BCUT2D eigenvalue weighted by atomic mass is 9.68. The van der Waals surface area contributed by atoms with E-state index in [0.29, 0.717) is 0 Å². The maximum Gasteiger partial charge on any atom is 0.212 e. The molecule has 2 saturated carbocycles. The van der Waals surface area contributed by atoms with Crippen molar-refractivity contribution in [3.05, 3.63) is 29.8 Å². The fourth-order valence-electron chi connectivity index (χ4n) is 4.94. The van der Waals surface area contributed by atoms with Crippen LogP contribution in [0.4, 0.5) is 4.39 Å². The van der Waals surface area contributed by atoms with Gasteiger partial charge in [-0.2, -0.15) is 4.39 Å². The van der Waals surface area contributed by atoms with Gasteiger partial charge in [-0.1, -0.05) is 45.1 Å². The number of aromatic nitrogens is 1. The fourth-order valence-corrected chi connectivity index (χ4v) is 4.94. The molecule has 1 nitrogen and oxygen atoms in total. The van der Waals surface area contributed by atoms with Crippen molar-refractivity contribution in [1.82, 2.24) is 4.98 Å². The van der Waals surface area contributed by atoms with Gasteiger partial charge in [0.2, 0.25) is 5.95 Å². The molecule has 2 heteroatoms. The standard InChI is InChI=1S/C21H32FN/c1-2-16-5-10-19(11-6-16)20-12-7-17(8-13-20)3-4-18-9-14-21(22)23-15-18/h9,14-17,19-20H,2-8,10-13H2,1H3/t16-,17-,19-,20-. The topological polar surface area (TPSA) is 12.9 Å². The van der Waals surface area contributed by atoms with E-state index in [2.05, 4.69) is 11.9 Å². The number of rotatable bonds is 5. The third kappa shape index (κ3) is 4.78. The van der Waals surface area contributed by atoms with Gasteiger partial charge in [-0.3, -0.25) is 0 Å². The molecular weight excluding hydrogens is 285 g/mol. The summed E-state index contributed by atoms with van der Waals surface area (Å²) in [6.45, 7) is 2.35. The second-order valence-electron chi connectivity index (χ2n) is 8.00. The maximum atomic E-state index is 12.8. The van der Waals surface area contributed by atoms with Crippen molar-refractivity contribution >= 4 is 0 Å². The van der Waals surface area contributed by atoms with Crippen molar-refractivity contribution in [2.75, 3.05) is 0 Å². The van der Waals surface area contributed by atoms with E-state index in [-0.39, 0.29) is 5.95 Å². The van der Waals surface area contributed by atoms with Crippen LogP contribution in [0.5, 0.6) is 0 Å². The highest BCUT2D eigenvalue weighted by Crippen LogP contribution is 2.42. The largest absolute Gasteiger partial charge is 0.228 e. The van der Waals surface area contributed by atoms with Crippen molar-refractivity contribution in [2.45, 2.75) is 77.6 Å². The third-order valence-corrected chi connectivity index (χ3v) is 6.66. The molecule has 3 rings (SSSR count). The zero-order chi connectivity index (χ0) is 16.1. The van der Waals surface area contributed by atoms with Gasteiger partial charge in [-0.05, 0) is 73.8 Å². The molecule has 128 valence electrons. The van der Waals surface area contributed by atoms with E-state index < -0.39 is 0 Å². The Kier molecular flexibility index (Phi) is 6.08. The van der Waals surface area contributed by atoms with Gasteiger partial charge in [0.25, 0.3) is 0 Å². The van der Waals surface area contributed by atoms with E-state index >= 15 is 0 Å². The van der Waals surface area contributed by atoms with E-state index in [9.17, 15) is 4.39 Å². The zero-order valence-corrected chi connectivity index (χ0v) is 14.6. The monoisotopic (exact) mass is 317 g/mol. The Morgan fingerprint density at radius 3 is 2.04 bits per heavy atom. The fraction of sp³-hybridized carbons (Fsp3) is 0.762. The molecule has 1 aromatic heterocycles. The van der Waals surface area contributed by atoms with Gasteiger partial charge in [0.1, 0.15) is 0 Å². The van der Waals surface area contributed by atoms with Crippen LogP contribution in [-0.4, -0.2) is 4.98 Å². The number of pyridine rings is 1. The minimum Gasteiger partial charge on any atom is -0.228 e. The highest BCUT2D eigenvalue weighted by atomic mass is 19.1. The number of hydrogen-bond acceptors (Lipinski definition) is 1. The smallest absolute Gasteiger partial charge is 0.212 e. The molecule has 0 spiro atoms. The lowest BCUT2D eigenvalue weighted by Crippen LogP contribution is -2.25. The molecular formula is C21H32FN. The van der Waals surface area contributed by atoms with Crippen LogP contribution in [0.3, 0.4) is 0 Å². The van der Waals surface area contributed by atoms with Crippen molar-refractivity contribution in [1.29, 1.82) is 0 Å². The predicted molar refractivity (Wildman–Crippen MR) is 93.7 cm³/mol. The third-order valence-electron chi connectivity index (χ3n) is 6.66. The summed E-state index contributed by atoms with van der Waals surface area (Å²) in [6.07, 6.45) is 17.1. The SMILES string of the molecule is CC[C@H]1CC[C@H]([C@H]2CC[C@H](CCc3ccc(F)nc3)CC2)CC1. The van der Waals surface area contributed by atoms with Crippen LogP contribution in [0.25, 0.3) is 0 Å². The lowest BCUT2D eigenvalue weighted by Gasteiger charge is -2.37. The molecule has 2 fully saturated rings. The summed E-state index contributed by atoms with van der Waals surface area (Å²) in [5, 5.41) is 0. The normalized spacial score (nSPS) is 31.9. The van der Waals surface area contributed by atoms with Crippen LogP contribution in [0.2, 0.25) is 0 Å². The first kappa shape index (κ1) is 16.9. The number of nitrogens with zero attached hydrogens (tertiary/aromatic N) is 1. The Balaban J connectivity index is 1.38. The van der Waals surface area contributed by atoms with Crippen molar-refractivity contribution in [2.24, 2.45) is 23.7 Å². The van der Waals surface area contributed by atoms with Crippen LogP contribution in [0, 0.1) is 29.6 Å². The molecule has 0 bridgehead atoms. The molecule has 0 saturated heterocycles. The molecule has 0 aliphatic heterocycles. The summed E-state index contributed by atoms with van der Waals surface area (Å²) in [6, 6.07) is 3.37. The Bertz CT molecular complexity index is 453. The Morgan fingerprint density at radius 1 is 0.913 bits per heavy atom. The molecule has 0 N–H and O–H groups in total.